The monoisotopic (exact) mass is 554 g/mol. The number of thioether (sulfide) groups is 1. The summed E-state index contributed by atoms with van der Waals surface area (Å²) in [7, 11) is 0. The maximum absolute atomic E-state index is 13.1. The highest BCUT2D eigenvalue weighted by Crippen LogP contribution is 2.41. The fourth-order valence-corrected chi connectivity index (χ4v) is 5.83. The first-order valence-corrected chi connectivity index (χ1v) is 13.9. The van der Waals surface area contributed by atoms with Crippen LogP contribution in [0.3, 0.4) is 0 Å². The van der Waals surface area contributed by atoms with Crippen LogP contribution in [0, 0.1) is 12.8 Å². The standard InChI is InChI=1S/C27H34ClF3N4OS/c1-19-3-6-23(7-4-19)34-15-13-33(14-16-34)18-20(2)26(36)35-11-9-21(10-12-35)32-22-5-8-24(28)25(17-22)37-27(29,30)31/h3-8,17,20-21,32H,9-16,18H2,1-2H3. The molecule has 1 amide bonds. The first kappa shape index (κ1) is 27.9. The molecule has 2 aliphatic rings. The number of rotatable bonds is 7. The molecular weight excluding hydrogens is 521 g/mol. The fourth-order valence-electron chi connectivity index (χ4n) is 5.00. The highest BCUT2D eigenvalue weighted by molar-refractivity contribution is 8.00. The highest BCUT2D eigenvalue weighted by Gasteiger charge is 2.31. The Morgan fingerprint density at radius 2 is 1.70 bits per heavy atom. The molecule has 2 aromatic rings. The van der Waals surface area contributed by atoms with Gasteiger partial charge in [-0.2, -0.15) is 13.2 Å². The zero-order valence-corrected chi connectivity index (χ0v) is 22.8. The topological polar surface area (TPSA) is 38.8 Å². The highest BCUT2D eigenvalue weighted by atomic mass is 35.5. The minimum Gasteiger partial charge on any atom is -0.382 e. The minimum atomic E-state index is -4.39. The third-order valence-corrected chi connectivity index (χ3v) is 8.29. The second kappa shape index (κ2) is 12.2. The van der Waals surface area contributed by atoms with Crippen molar-refractivity contribution in [1.82, 2.24) is 9.80 Å². The number of amides is 1. The molecule has 1 unspecified atom stereocenters. The summed E-state index contributed by atoms with van der Waals surface area (Å²) >= 11 is 5.73. The van der Waals surface area contributed by atoms with E-state index in [1.54, 1.807) is 6.07 Å². The van der Waals surface area contributed by atoms with Gasteiger partial charge in [0.15, 0.2) is 0 Å². The van der Waals surface area contributed by atoms with Gasteiger partial charge in [0, 0.05) is 74.0 Å². The second-order valence-electron chi connectivity index (χ2n) is 9.96. The third kappa shape index (κ3) is 7.94. The van der Waals surface area contributed by atoms with Crippen molar-refractivity contribution in [3.8, 4) is 0 Å². The lowest BCUT2D eigenvalue weighted by Gasteiger charge is -2.38. The van der Waals surface area contributed by atoms with Crippen molar-refractivity contribution in [3.05, 3.63) is 53.1 Å². The van der Waals surface area contributed by atoms with Crippen molar-refractivity contribution >= 4 is 40.6 Å². The second-order valence-corrected chi connectivity index (χ2v) is 11.5. The molecule has 4 rings (SSSR count). The van der Waals surface area contributed by atoms with E-state index >= 15 is 0 Å². The number of carbonyl (C=O) groups is 1. The van der Waals surface area contributed by atoms with E-state index in [1.807, 2.05) is 11.8 Å². The van der Waals surface area contributed by atoms with E-state index in [0.717, 1.165) is 45.6 Å². The fraction of sp³-hybridized carbons (Fsp3) is 0.519. The van der Waals surface area contributed by atoms with Crippen molar-refractivity contribution in [2.24, 2.45) is 5.92 Å². The summed E-state index contributed by atoms with van der Waals surface area (Å²) in [6.45, 7) is 9.91. The Morgan fingerprint density at radius 1 is 1.05 bits per heavy atom. The van der Waals surface area contributed by atoms with E-state index in [9.17, 15) is 18.0 Å². The Bertz CT molecular complexity index is 1050. The van der Waals surface area contributed by atoms with Gasteiger partial charge in [0.05, 0.1) is 5.02 Å². The summed E-state index contributed by atoms with van der Waals surface area (Å²) in [6.07, 6.45) is 1.50. The van der Waals surface area contributed by atoms with Gasteiger partial charge in [-0.05, 0) is 61.9 Å². The van der Waals surface area contributed by atoms with Crippen LogP contribution in [0.25, 0.3) is 0 Å². The largest absolute Gasteiger partial charge is 0.446 e. The summed E-state index contributed by atoms with van der Waals surface area (Å²) in [5.41, 5.74) is -1.27. The number of alkyl halides is 3. The van der Waals surface area contributed by atoms with E-state index in [1.165, 1.54) is 23.4 Å². The van der Waals surface area contributed by atoms with Gasteiger partial charge in [0.25, 0.3) is 0 Å². The Kier molecular flexibility index (Phi) is 9.19. The van der Waals surface area contributed by atoms with Crippen LogP contribution in [0.4, 0.5) is 24.5 Å². The van der Waals surface area contributed by atoms with Gasteiger partial charge in [0.2, 0.25) is 5.91 Å². The Labute approximate surface area is 226 Å². The van der Waals surface area contributed by atoms with E-state index in [4.69, 9.17) is 11.6 Å². The molecule has 0 radical (unpaired) electrons. The number of nitrogens with zero attached hydrogens (tertiary/aromatic N) is 3. The molecule has 2 fully saturated rings. The molecule has 2 aliphatic heterocycles. The molecule has 0 saturated carbocycles. The van der Waals surface area contributed by atoms with E-state index in [2.05, 4.69) is 46.3 Å². The number of anilines is 2. The van der Waals surface area contributed by atoms with Crippen molar-refractivity contribution in [2.75, 3.05) is 56.0 Å². The third-order valence-electron chi connectivity index (χ3n) is 7.06. The number of piperazine rings is 1. The van der Waals surface area contributed by atoms with Crippen LogP contribution >= 0.6 is 23.4 Å². The van der Waals surface area contributed by atoms with Crippen LogP contribution in [0.5, 0.6) is 0 Å². The lowest BCUT2D eigenvalue weighted by atomic mass is 10.0. The molecule has 2 saturated heterocycles. The minimum absolute atomic E-state index is 0.0136. The zero-order valence-electron chi connectivity index (χ0n) is 21.2. The molecule has 5 nitrogen and oxygen atoms in total. The number of hydrogen-bond acceptors (Lipinski definition) is 5. The molecule has 2 heterocycles. The molecule has 1 N–H and O–H groups in total. The summed E-state index contributed by atoms with van der Waals surface area (Å²) in [4.78, 5) is 19.8. The van der Waals surface area contributed by atoms with E-state index < -0.39 is 5.51 Å². The van der Waals surface area contributed by atoms with Gasteiger partial charge in [-0.3, -0.25) is 9.69 Å². The molecule has 1 atom stereocenters. The van der Waals surface area contributed by atoms with Crippen LogP contribution < -0.4 is 10.2 Å². The van der Waals surface area contributed by atoms with E-state index in [0.29, 0.717) is 18.8 Å². The predicted octanol–water partition coefficient (Wildman–Crippen LogP) is 6.12. The number of nitrogens with one attached hydrogen (secondary N) is 1. The van der Waals surface area contributed by atoms with Crippen LogP contribution in [-0.2, 0) is 4.79 Å². The average molecular weight is 555 g/mol. The zero-order chi connectivity index (χ0) is 26.6. The van der Waals surface area contributed by atoms with Gasteiger partial charge < -0.3 is 15.1 Å². The quantitative estimate of drug-likeness (QED) is 0.417. The van der Waals surface area contributed by atoms with E-state index in [-0.39, 0.29) is 39.5 Å². The van der Waals surface area contributed by atoms with Crippen molar-refractivity contribution in [1.29, 1.82) is 0 Å². The number of likely N-dealkylation sites (tertiary alicyclic amines) is 1. The van der Waals surface area contributed by atoms with Gasteiger partial charge in [0.1, 0.15) is 0 Å². The molecule has 0 aromatic heterocycles. The summed E-state index contributed by atoms with van der Waals surface area (Å²) in [5, 5.41) is 3.40. The Morgan fingerprint density at radius 3 is 2.32 bits per heavy atom. The molecule has 2 aromatic carbocycles. The number of piperidine rings is 1. The number of aryl methyl sites for hydroxylation is 1. The first-order valence-electron chi connectivity index (χ1n) is 12.7. The molecular formula is C27H34ClF3N4OS. The first-order chi connectivity index (χ1) is 17.6. The maximum atomic E-state index is 13.1. The summed E-state index contributed by atoms with van der Waals surface area (Å²) in [6, 6.07) is 13.3. The average Bonchev–Trinajstić information content (AvgIpc) is 2.86. The predicted molar refractivity (Wildman–Crippen MR) is 146 cm³/mol. The van der Waals surface area contributed by atoms with Crippen molar-refractivity contribution < 1.29 is 18.0 Å². The summed E-state index contributed by atoms with van der Waals surface area (Å²) in [5.74, 6) is 0.100. The Hall–Kier alpha value is -2.10. The molecule has 202 valence electrons. The van der Waals surface area contributed by atoms with Crippen molar-refractivity contribution in [2.45, 2.75) is 43.1 Å². The van der Waals surface area contributed by atoms with Gasteiger partial charge in [-0.15, -0.1) is 0 Å². The van der Waals surface area contributed by atoms with Crippen molar-refractivity contribution in [3.63, 3.8) is 0 Å². The van der Waals surface area contributed by atoms with Crippen LogP contribution in [0.2, 0.25) is 5.02 Å². The van der Waals surface area contributed by atoms with Crippen LogP contribution in [0.1, 0.15) is 25.3 Å². The Balaban J connectivity index is 1.21. The van der Waals surface area contributed by atoms with Crippen LogP contribution in [-0.4, -0.2) is 73.1 Å². The number of benzene rings is 2. The smallest absolute Gasteiger partial charge is 0.382 e. The molecule has 0 bridgehead atoms. The molecule has 0 spiro atoms. The van der Waals surface area contributed by atoms with Gasteiger partial charge >= 0.3 is 5.51 Å². The molecule has 10 heteroatoms. The van der Waals surface area contributed by atoms with Gasteiger partial charge in [-0.25, -0.2) is 0 Å². The van der Waals surface area contributed by atoms with Crippen LogP contribution in [0.15, 0.2) is 47.4 Å². The number of hydrogen-bond donors (Lipinski definition) is 1. The lowest BCUT2D eigenvalue weighted by molar-refractivity contribution is -0.136. The maximum Gasteiger partial charge on any atom is 0.446 e. The molecule has 0 aliphatic carbocycles. The molecule has 37 heavy (non-hydrogen) atoms. The number of halogens is 4. The summed E-state index contributed by atoms with van der Waals surface area (Å²) < 4.78 is 38.4. The normalized spacial score (nSPS) is 18.6. The SMILES string of the molecule is Cc1ccc(N2CCN(CC(C)C(=O)N3CCC(Nc4ccc(Cl)c(SC(F)(F)F)c4)CC3)CC2)cc1. The number of carbonyl (C=O) groups excluding carboxylic acids is 1. The lowest BCUT2D eigenvalue weighted by Crippen LogP contribution is -2.50. The van der Waals surface area contributed by atoms with Gasteiger partial charge in [-0.1, -0.05) is 36.2 Å².